The molecule has 5 nitrogen and oxygen atoms in total. The molecule has 2 aromatic heterocycles. The van der Waals surface area contributed by atoms with Crippen LogP contribution in [0.2, 0.25) is 0 Å². The lowest BCUT2D eigenvalue weighted by Gasteiger charge is -2.07. The van der Waals surface area contributed by atoms with Crippen LogP contribution in [0.1, 0.15) is 0 Å². The van der Waals surface area contributed by atoms with E-state index in [0.717, 1.165) is 5.75 Å². The van der Waals surface area contributed by atoms with Gasteiger partial charge in [0.25, 0.3) is 5.56 Å². The molecule has 0 bridgehead atoms. The second-order valence-corrected chi connectivity index (χ2v) is 6.91. The first-order chi connectivity index (χ1) is 11.2. The Morgan fingerprint density at radius 1 is 1.26 bits per heavy atom. The van der Waals surface area contributed by atoms with Crippen molar-refractivity contribution in [2.45, 2.75) is 11.4 Å². The number of amides is 1. The molecule has 0 fully saturated rings. The number of hydrogen-bond acceptors (Lipinski definition) is 5. The fraction of sp³-hybridized carbons (Fsp3) is 0.188. The Kier molecular flexibility index (Phi) is 5.09. The molecular weight excluding hydrogens is 330 g/mol. The Labute approximate surface area is 141 Å². The predicted molar refractivity (Wildman–Crippen MR) is 94.1 cm³/mol. The van der Waals surface area contributed by atoms with Gasteiger partial charge in [0.15, 0.2) is 0 Å². The topological polar surface area (TPSA) is 64.0 Å². The van der Waals surface area contributed by atoms with E-state index in [1.165, 1.54) is 27.1 Å². The number of rotatable bonds is 6. The van der Waals surface area contributed by atoms with Gasteiger partial charge in [-0.25, -0.2) is 4.98 Å². The Hall–Kier alpha value is -2.12. The predicted octanol–water partition coefficient (Wildman–Crippen LogP) is 2.37. The lowest BCUT2D eigenvalue weighted by atomic mass is 10.4. The number of nitrogens with zero attached hydrogens (tertiary/aromatic N) is 2. The van der Waals surface area contributed by atoms with Crippen molar-refractivity contribution in [3.63, 3.8) is 0 Å². The van der Waals surface area contributed by atoms with E-state index in [1.54, 1.807) is 17.8 Å². The van der Waals surface area contributed by atoms with Crippen LogP contribution < -0.4 is 10.9 Å². The van der Waals surface area contributed by atoms with E-state index < -0.39 is 0 Å². The summed E-state index contributed by atoms with van der Waals surface area (Å²) in [6.45, 7) is 0.553. The standard InChI is InChI=1S/C16H15N3O2S2/c20-14(17-7-9-22-12-4-2-1-3-5-12)10-19-11-18-13-6-8-23-15(13)16(19)21/h1-6,8,11H,7,9-10H2,(H,17,20). The van der Waals surface area contributed by atoms with Crippen LogP contribution in [0.4, 0.5) is 0 Å². The molecule has 118 valence electrons. The lowest BCUT2D eigenvalue weighted by Crippen LogP contribution is -2.33. The molecule has 23 heavy (non-hydrogen) atoms. The van der Waals surface area contributed by atoms with E-state index in [4.69, 9.17) is 0 Å². The molecule has 0 aliphatic rings. The zero-order chi connectivity index (χ0) is 16.1. The highest BCUT2D eigenvalue weighted by atomic mass is 32.2. The van der Waals surface area contributed by atoms with Crippen LogP contribution >= 0.6 is 23.1 Å². The van der Waals surface area contributed by atoms with E-state index in [0.29, 0.717) is 16.8 Å². The number of thiophene rings is 1. The molecular formula is C16H15N3O2S2. The molecule has 0 saturated heterocycles. The fourth-order valence-corrected chi connectivity index (χ4v) is 3.66. The number of benzene rings is 1. The van der Waals surface area contributed by atoms with Crippen LogP contribution in [0.3, 0.4) is 0 Å². The molecule has 0 unspecified atom stereocenters. The molecule has 3 rings (SSSR count). The zero-order valence-corrected chi connectivity index (χ0v) is 13.9. The highest BCUT2D eigenvalue weighted by Crippen LogP contribution is 2.15. The van der Waals surface area contributed by atoms with Gasteiger partial charge in [-0.15, -0.1) is 23.1 Å². The minimum atomic E-state index is -0.182. The molecule has 0 saturated carbocycles. The highest BCUT2D eigenvalue weighted by Gasteiger charge is 2.08. The first-order valence-corrected chi connectivity index (χ1v) is 8.98. The summed E-state index contributed by atoms with van der Waals surface area (Å²) in [4.78, 5) is 29.5. The van der Waals surface area contributed by atoms with Crippen molar-refractivity contribution in [3.8, 4) is 0 Å². The Balaban J connectivity index is 1.50. The van der Waals surface area contributed by atoms with Crippen molar-refractivity contribution in [3.05, 3.63) is 58.5 Å². The van der Waals surface area contributed by atoms with Crippen molar-refractivity contribution in [1.29, 1.82) is 0 Å². The zero-order valence-electron chi connectivity index (χ0n) is 12.3. The van der Waals surface area contributed by atoms with Gasteiger partial charge < -0.3 is 5.32 Å². The maximum absolute atomic E-state index is 12.2. The largest absolute Gasteiger partial charge is 0.354 e. The van der Waals surface area contributed by atoms with Gasteiger partial charge in [-0.05, 0) is 23.6 Å². The van der Waals surface area contributed by atoms with Crippen LogP contribution in [-0.2, 0) is 11.3 Å². The summed E-state index contributed by atoms with van der Waals surface area (Å²) >= 11 is 3.02. The van der Waals surface area contributed by atoms with Gasteiger partial charge in [0.2, 0.25) is 5.91 Å². The smallest absolute Gasteiger partial charge is 0.271 e. The van der Waals surface area contributed by atoms with Crippen LogP contribution in [0.15, 0.2) is 57.8 Å². The van der Waals surface area contributed by atoms with Crippen molar-refractivity contribution in [2.75, 3.05) is 12.3 Å². The highest BCUT2D eigenvalue weighted by molar-refractivity contribution is 7.99. The molecule has 0 aliphatic heterocycles. The fourth-order valence-electron chi connectivity index (χ4n) is 2.08. The summed E-state index contributed by atoms with van der Waals surface area (Å²) in [5.74, 6) is 0.603. The van der Waals surface area contributed by atoms with Crippen LogP contribution in [-0.4, -0.2) is 27.8 Å². The van der Waals surface area contributed by atoms with Gasteiger partial charge >= 0.3 is 0 Å². The molecule has 7 heteroatoms. The van der Waals surface area contributed by atoms with Crippen LogP contribution in [0.25, 0.3) is 10.2 Å². The number of hydrogen-bond donors (Lipinski definition) is 1. The summed E-state index contributed by atoms with van der Waals surface area (Å²) in [6.07, 6.45) is 1.43. The van der Waals surface area contributed by atoms with E-state index in [9.17, 15) is 9.59 Å². The summed E-state index contributed by atoms with van der Waals surface area (Å²) < 4.78 is 1.93. The SMILES string of the molecule is O=C(Cn1cnc2ccsc2c1=O)NCCSc1ccccc1. The van der Waals surface area contributed by atoms with Crippen molar-refractivity contribution >= 4 is 39.2 Å². The molecule has 0 radical (unpaired) electrons. The average Bonchev–Trinajstić information content (AvgIpc) is 3.05. The average molecular weight is 345 g/mol. The third-order valence-electron chi connectivity index (χ3n) is 3.19. The third kappa shape index (κ3) is 4.00. The van der Waals surface area contributed by atoms with Gasteiger partial charge in [-0.3, -0.25) is 14.2 Å². The molecule has 1 N–H and O–H groups in total. The van der Waals surface area contributed by atoms with Crippen molar-refractivity contribution in [1.82, 2.24) is 14.9 Å². The second kappa shape index (κ2) is 7.43. The summed E-state index contributed by atoms with van der Waals surface area (Å²) in [5, 5.41) is 4.65. The number of aromatic nitrogens is 2. The Bertz CT molecular complexity index is 858. The molecule has 1 amide bonds. The molecule has 0 atom stereocenters. The van der Waals surface area contributed by atoms with Gasteiger partial charge in [0.05, 0.1) is 11.8 Å². The van der Waals surface area contributed by atoms with Gasteiger partial charge in [-0.2, -0.15) is 0 Å². The van der Waals surface area contributed by atoms with Crippen LogP contribution in [0.5, 0.6) is 0 Å². The van der Waals surface area contributed by atoms with Gasteiger partial charge in [-0.1, -0.05) is 18.2 Å². The van der Waals surface area contributed by atoms with E-state index in [1.807, 2.05) is 35.7 Å². The minimum Gasteiger partial charge on any atom is -0.354 e. The van der Waals surface area contributed by atoms with Gasteiger partial charge in [0.1, 0.15) is 11.2 Å². The first-order valence-electron chi connectivity index (χ1n) is 7.11. The Morgan fingerprint density at radius 2 is 2.09 bits per heavy atom. The quantitative estimate of drug-likeness (QED) is 0.550. The maximum Gasteiger partial charge on any atom is 0.271 e. The molecule has 3 aromatic rings. The van der Waals surface area contributed by atoms with E-state index in [2.05, 4.69) is 10.3 Å². The normalized spacial score (nSPS) is 10.8. The monoisotopic (exact) mass is 345 g/mol. The Morgan fingerprint density at radius 3 is 2.91 bits per heavy atom. The number of carbonyl (C=O) groups excluding carboxylic acids is 1. The van der Waals surface area contributed by atoms with Crippen molar-refractivity contribution < 1.29 is 4.79 Å². The summed E-state index contributed by atoms with van der Waals surface area (Å²) in [5.41, 5.74) is 0.509. The first kappa shape index (κ1) is 15.8. The number of nitrogens with one attached hydrogen (secondary N) is 1. The molecule has 1 aromatic carbocycles. The molecule has 0 spiro atoms. The molecule has 2 heterocycles. The van der Waals surface area contributed by atoms with Crippen LogP contribution in [0, 0.1) is 0 Å². The number of carbonyl (C=O) groups is 1. The van der Waals surface area contributed by atoms with E-state index in [-0.39, 0.29) is 18.0 Å². The third-order valence-corrected chi connectivity index (χ3v) is 5.09. The number of thioether (sulfide) groups is 1. The van der Waals surface area contributed by atoms with Crippen molar-refractivity contribution in [2.24, 2.45) is 0 Å². The maximum atomic E-state index is 12.2. The summed E-state index contributed by atoms with van der Waals surface area (Å²) in [6, 6.07) is 11.8. The molecule has 0 aliphatic carbocycles. The minimum absolute atomic E-state index is 0.00429. The lowest BCUT2D eigenvalue weighted by molar-refractivity contribution is -0.121. The summed E-state index contributed by atoms with van der Waals surface area (Å²) in [7, 11) is 0. The second-order valence-electron chi connectivity index (χ2n) is 4.82. The van der Waals surface area contributed by atoms with E-state index >= 15 is 0 Å². The van der Waals surface area contributed by atoms with Gasteiger partial charge in [0, 0.05) is 17.2 Å². The number of fused-ring (bicyclic) bond motifs is 1.